The minimum atomic E-state index is -3.85. The number of para-hydroxylation sites is 1. The zero-order valence-electron chi connectivity index (χ0n) is 27.5. The molecule has 1 N–H and O–H groups in total. The molecule has 11 nitrogen and oxygen atoms in total. The molecule has 0 aliphatic carbocycles. The summed E-state index contributed by atoms with van der Waals surface area (Å²) < 4.78 is 42.6. The minimum absolute atomic E-state index is 0.164. The third-order valence-electron chi connectivity index (χ3n) is 9.09. The van der Waals surface area contributed by atoms with Gasteiger partial charge in [0.2, 0.25) is 10.0 Å². The highest BCUT2D eigenvalue weighted by atomic mass is 32.2. The van der Waals surface area contributed by atoms with E-state index >= 15 is 0 Å². The smallest absolute Gasteiger partial charge is 0.273 e. The van der Waals surface area contributed by atoms with Gasteiger partial charge >= 0.3 is 0 Å². The second-order valence-electron chi connectivity index (χ2n) is 12.6. The van der Waals surface area contributed by atoms with Crippen molar-refractivity contribution in [3.63, 3.8) is 0 Å². The summed E-state index contributed by atoms with van der Waals surface area (Å²) >= 11 is 0. The van der Waals surface area contributed by atoms with Gasteiger partial charge in [-0.3, -0.25) is 4.79 Å². The molecule has 6 rings (SSSR count). The standard InChI is InChI=1S/C35H40N6O5S/c1-7-26-19-40(47(43,44)31-12-10-9-11-30(31)46-26)18-25-17-24(14-13-22(25)3)32(35(5,6)37-34(42)28-20-45-21-36-28)27-15-16-29-33(23(27)4)38-39-41(29)8-2/h9-17,20-21,26,32H,7-8,18-19H2,1-6H3,(H,37,42)/t26-,32+/m1/s1. The van der Waals surface area contributed by atoms with Gasteiger partial charge in [-0.1, -0.05) is 48.5 Å². The molecule has 0 saturated carbocycles. The monoisotopic (exact) mass is 656 g/mol. The largest absolute Gasteiger partial charge is 0.488 e. The number of amides is 1. The quantitative estimate of drug-likeness (QED) is 0.212. The van der Waals surface area contributed by atoms with Crippen LogP contribution >= 0.6 is 0 Å². The highest BCUT2D eigenvalue weighted by Gasteiger charge is 2.38. The molecular formula is C35H40N6O5S. The summed E-state index contributed by atoms with van der Waals surface area (Å²) in [6.45, 7) is 13.0. The number of carbonyl (C=O) groups excluding carboxylic acids is 1. The van der Waals surface area contributed by atoms with Crippen molar-refractivity contribution in [1.82, 2.24) is 29.6 Å². The summed E-state index contributed by atoms with van der Waals surface area (Å²) in [5.41, 5.74) is 5.72. The van der Waals surface area contributed by atoms with E-state index in [9.17, 15) is 13.2 Å². The maximum Gasteiger partial charge on any atom is 0.273 e. The molecule has 246 valence electrons. The molecule has 0 fully saturated rings. The highest BCUT2D eigenvalue weighted by molar-refractivity contribution is 7.89. The van der Waals surface area contributed by atoms with Gasteiger partial charge in [-0.25, -0.2) is 18.1 Å². The number of ether oxygens (including phenoxy) is 1. The Morgan fingerprint density at radius 3 is 2.62 bits per heavy atom. The lowest BCUT2D eigenvalue weighted by molar-refractivity contribution is 0.0900. The first-order valence-electron chi connectivity index (χ1n) is 15.8. The van der Waals surface area contributed by atoms with E-state index in [-0.39, 0.29) is 41.6 Å². The molecule has 2 aromatic heterocycles. The van der Waals surface area contributed by atoms with Crippen LogP contribution in [0.5, 0.6) is 5.75 Å². The van der Waals surface area contributed by atoms with Crippen LogP contribution in [0.4, 0.5) is 0 Å². The first-order valence-corrected chi connectivity index (χ1v) is 17.3. The molecule has 2 atom stereocenters. The van der Waals surface area contributed by atoms with Gasteiger partial charge in [0.15, 0.2) is 12.1 Å². The number of fused-ring (bicyclic) bond motifs is 2. The van der Waals surface area contributed by atoms with Gasteiger partial charge in [0, 0.05) is 24.5 Å². The fourth-order valence-corrected chi connectivity index (χ4v) is 8.07. The van der Waals surface area contributed by atoms with Gasteiger partial charge in [0.1, 0.15) is 28.5 Å². The Hall–Kier alpha value is -4.55. The van der Waals surface area contributed by atoms with Crippen LogP contribution in [0.3, 0.4) is 0 Å². The SMILES string of the molecule is CC[C@@H]1CN(Cc2cc([C@@H](c3ccc4c(nnn4CC)c3C)C(C)(C)NC(=O)c3cocn3)ccc2C)S(=O)(=O)c2ccccc2O1. The molecule has 47 heavy (non-hydrogen) atoms. The summed E-state index contributed by atoms with van der Waals surface area (Å²) in [6.07, 6.45) is 2.91. The van der Waals surface area contributed by atoms with Crippen LogP contribution in [0.1, 0.15) is 78.3 Å². The van der Waals surface area contributed by atoms with E-state index in [1.807, 2.05) is 64.4 Å². The number of aromatic nitrogens is 4. The molecule has 5 aromatic rings. The van der Waals surface area contributed by atoms with Gasteiger partial charge in [-0.2, -0.15) is 4.31 Å². The van der Waals surface area contributed by atoms with E-state index in [1.165, 1.54) is 17.0 Å². The predicted molar refractivity (Wildman–Crippen MR) is 178 cm³/mol. The number of nitrogens with one attached hydrogen (secondary N) is 1. The third kappa shape index (κ3) is 6.03. The van der Waals surface area contributed by atoms with Crippen molar-refractivity contribution < 1.29 is 22.4 Å². The number of nitrogens with zero attached hydrogens (tertiary/aromatic N) is 5. The molecule has 0 saturated heterocycles. The highest BCUT2D eigenvalue weighted by Crippen LogP contribution is 2.40. The Bertz CT molecular complexity index is 2040. The molecule has 1 aliphatic rings. The number of hydrogen-bond acceptors (Lipinski definition) is 8. The number of aryl methyl sites for hydroxylation is 3. The molecular weight excluding hydrogens is 616 g/mol. The molecule has 3 aromatic carbocycles. The van der Waals surface area contributed by atoms with E-state index in [2.05, 4.69) is 32.7 Å². The lowest BCUT2D eigenvalue weighted by Gasteiger charge is -2.37. The second-order valence-corrected chi connectivity index (χ2v) is 14.5. The van der Waals surface area contributed by atoms with Crippen molar-refractivity contribution in [2.24, 2.45) is 0 Å². The summed E-state index contributed by atoms with van der Waals surface area (Å²) in [5, 5.41) is 12.0. The van der Waals surface area contributed by atoms with Crippen LogP contribution in [0.2, 0.25) is 0 Å². The van der Waals surface area contributed by atoms with Gasteiger partial charge in [0.05, 0.1) is 12.1 Å². The Kier molecular flexibility index (Phi) is 8.66. The van der Waals surface area contributed by atoms with Crippen LogP contribution in [0.15, 0.2) is 76.6 Å². The summed E-state index contributed by atoms with van der Waals surface area (Å²) in [7, 11) is -3.85. The van der Waals surface area contributed by atoms with Crippen LogP contribution in [0, 0.1) is 13.8 Å². The van der Waals surface area contributed by atoms with Gasteiger partial charge in [-0.15, -0.1) is 5.10 Å². The van der Waals surface area contributed by atoms with Crippen molar-refractivity contribution in [2.75, 3.05) is 6.54 Å². The summed E-state index contributed by atoms with van der Waals surface area (Å²) in [4.78, 5) is 17.5. The zero-order valence-corrected chi connectivity index (χ0v) is 28.3. The van der Waals surface area contributed by atoms with Crippen LogP contribution in [-0.4, -0.2) is 56.8 Å². The van der Waals surface area contributed by atoms with E-state index in [0.29, 0.717) is 18.7 Å². The molecule has 0 unspecified atom stereocenters. The molecule has 0 radical (unpaired) electrons. The number of rotatable bonds is 9. The van der Waals surface area contributed by atoms with E-state index in [4.69, 9.17) is 9.15 Å². The van der Waals surface area contributed by atoms with Crippen LogP contribution < -0.4 is 10.1 Å². The van der Waals surface area contributed by atoms with Crippen molar-refractivity contribution in [1.29, 1.82) is 0 Å². The predicted octanol–water partition coefficient (Wildman–Crippen LogP) is 5.76. The molecule has 3 heterocycles. The average molecular weight is 657 g/mol. The number of benzene rings is 3. The van der Waals surface area contributed by atoms with Crippen LogP contribution in [-0.2, 0) is 23.1 Å². The van der Waals surface area contributed by atoms with Crippen molar-refractivity contribution in [3.05, 3.63) is 101 Å². The number of hydrogen-bond donors (Lipinski definition) is 1. The van der Waals surface area contributed by atoms with Crippen molar-refractivity contribution >= 4 is 27.0 Å². The number of oxazole rings is 1. The first kappa shape index (κ1) is 32.4. The van der Waals surface area contributed by atoms with Gasteiger partial charge < -0.3 is 14.5 Å². The lowest BCUT2D eigenvalue weighted by Crippen LogP contribution is -2.48. The van der Waals surface area contributed by atoms with E-state index < -0.39 is 15.6 Å². The molecule has 0 spiro atoms. The third-order valence-corrected chi connectivity index (χ3v) is 10.9. The second kappa shape index (κ2) is 12.6. The molecule has 12 heteroatoms. The Balaban J connectivity index is 1.45. The summed E-state index contributed by atoms with van der Waals surface area (Å²) in [6, 6.07) is 17.0. The molecule has 0 bridgehead atoms. The fraction of sp³-hybridized carbons (Fsp3) is 0.371. The Labute approximate surface area is 275 Å². The van der Waals surface area contributed by atoms with E-state index in [0.717, 1.165) is 38.9 Å². The lowest BCUT2D eigenvalue weighted by atomic mass is 9.74. The maximum absolute atomic E-state index is 14.0. The first-order chi connectivity index (χ1) is 22.4. The summed E-state index contributed by atoms with van der Waals surface area (Å²) in [5.74, 6) is -0.346. The van der Waals surface area contributed by atoms with Gasteiger partial charge in [-0.05, 0) is 87.1 Å². The van der Waals surface area contributed by atoms with E-state index in [1.54, 1.807) is 24.3 Å². The number of sulfonamides is 1. The fourth-order valence-electron chi connectivity index (χ4n) is 6.50. The number of carbonyl (C=O) groups is 1. The van der Waals surface area contributed by atoms with Gasteiger partial charge in [0.25, 0.3) is 5.91 Å². The zero-order chi connectivity index (χ0) is 33.5. The van der Waals surface area contributed by atoms with Crippen LogP contribution in [0.25, 0.3) is 11.0 Å². The Morgan fingerprint density at radius 1 is 1.11 bits per heavy atom. The normalized spacial score (nSPS) is 17.1. The Morgan fingerprint density at radius 2 is 1.89 bits per heavy atom. The van der Waals surface area contributed by atoms with Crippen molar-refractivity contribution in [2.45, 2.75) is 83.5 Å². The topological polar surface area (TPSA) is 132 Å². The van der Waals surface area contributed by atoms with Crippen molar-refractivity contribution in [3.8, 4) is 5.75 Å². The average Bonchev–Trinajstić information content (AvgIpc) is 3.72. The maximum atomic E-state index is 14.0. The minimum Gasteiger partial charge on any atom is -0.488 e. The molecule has 1 amide bonds. The molecule has 1 aliphatic heterocycles.